The number of benzene rings is 3. The fourth-order valence-corrected chi connectivity index (χ4v) is 6.41. The number of fused-ring (bicyclic) bond motifs is 3. The van der Waals surface area contributed by atoms with E-state index < -0.39 is 29.6 Å². The van der Waals surface area contributed by atoms with Crippen LogP contribution in [0, 0.1) is 0 Å². The summed E-state index contributed by atoms with van der Waals surface area (Å²) in [6, 6.07) is 26.2. The van der Waals surface area contributed by atoms with Crippen LogP contribution in [0.4, 0.5) is 4.79 Å². The average Bonchev–Trinajstić information content (AvgIpc) is 3.72. The second-order valence-corrected chi connectivity index (χ2v) is 11.4. The van der Waals surface area contributed by atoms with Gasteiger partial charge in [-0.3, -0.25) is 9.69 Å². The lowest BCUT2D eigenvalue weighted by Crippen LogP contribution is -2.58. The molecule has 0 radical (unpaired) electrons. The highest BCUT2D eigenvalue weighted by Gasteiger charge is 2.47. The van der Waals surface area contributed by atoms with E-state index in [0.717, 1.165) is 27.8 Å². The summed E-state index contributed by atoms with van der Waals surface area (Å²) >= 11 is 0. The minimum atomic E-state index is -1.35. The maximum atomic E-state index is 13.1. The van der Waals surface area contributed by atoms with Gasteiger partial charge in [-0.1, -0.05) is 78.9 Å². The number of carboxylic acids is 1. The number of carboxylic acid groups (broad SMARTS) is 1. The Balaban J connectivity index is 0.972. The van der Waals surface area contributed by atoms with Crippen LogP contribution in [0.5, 0.6) is 0 Å². The molecule has 9 nitrogen and oxygen atoms in total. The number of aliphatic carboxylic acids is 1. The Kier molecular flexibility index (Phi) is 7.95. The van der Waals surface area contributed by atoms with Crippen LogP contribution in [0.1, 0.15) is 41.9 Å². The van der Waals surface area contributed by atoms with Gasteiger partial charge in [0.1, 0.15) is 12.7 Å². The smallest absolute Gasteiger partial charge is 0.407 e. The number of rotatable bonds is 9. The van der Waals surface area contributed by atoms with Gasteiger partial charge in [0.15, 0.2) is 5.54 Å². The van der Waals surface area contributed by atoms with Crippen molar-refractivity contribution in [3.8, 4) is 11.1 Å². The van der Waals surface area contributed by atoms with Gasteiger partial charge in [-0.05, 0) is 47.1 Å². The molecule has 0 saturated carbocycles. The first-order valence-corrected chi connectivity index (χ1v) is 14.5. The van der Waals surface area contributed by atoms with Gasteiger partial charge in [-0.2, -0.15) is 0 Å². The van der Waals surface area contributed by atoms with Crippen molar-refractivity contribution in [1.82, 2.24) is 15.5 Å². The predicted octanol–water partition coefficient (Wildman–Crippen LogP) is 3.92. The summed E-state index contributed by atoms with van der Waals surface area (Å²) in [6.07, 6.45) is -0.323. The van der Waals surface area contributed by atoms with E-state index in [1.54, 1.807) is 0 Å². The van der Waals surface area contributed by atoms with Crippen LogP contribution in [0.2, 0.25) is 0 Å². The van der Waals surface area contributed by atoms with E-state index in [1.807, 2.05) is 59.5 Å². The molecule has 2 saturated heterocycles. The van der Waals surface area contributed by atoms with E-state index >= 15 is 0 Å². The number of carbonyl (C=O) groups is 3. The third-order valence-electron chi connectivity index (χ3n) is 8.59. The van der Waals surface area contributed by atoms with Gasteiger partial charge in [0, 0.05) is 32.1 Å². The maximum absolute atomic E-state index is 13.1. The molecule has 3 atom stereocenters. The van der Waals surface area contributed by atoms with E-state index in [1.165, 1.54) is 0 Å². The summed E-state index contributed by atoms with van der Waals surface area (Å²) in [6.45, 7) is 1.84. The molecule has 3 aliphatic rings. The first-order valence-electron chi connectivity index (χ1n) is 14.5. The quantitative estimate of drug-likeness (QED) is 0.358. The summed E-state index contributed by atoms with van der Waals surface area (Å²) < 4.78 is 11.5. The van der Waals surface area contributed by atoms with Gasteiger partial charge in [0.2, 0.25) is 5.91 Å². The topological polar surface area (TPSA) is 117 Å². The minimum absolute atomic E-state index is 0.0280. The van der Waals surface area contributed by atoms with Crippen LogP contribution in [0.25, 0.3) is 11.1 Å². The van der Waals surface area contributed by atoms with Gasteiger partial charge in [-0.15, -0.1) is 0 Å². The Morgan fingerprint density at radius 2 is 1.60 bits per heavy atom. The summed E-state index contributed by atoms with van der Waals surface area (Å²) in [4.78, 5) is 40.0. The van der Waals surface area contributed by atoms with Gasteiger partial charge >= 0.3 is 12.1 Å². The predicted molar refractivity (Wildman–Crippen MR) is 156 cm³/mol. The molecule has 0 aromatic heterocycles. The van der Waals surface area contributed by atoms with Gasteiger partial charge < -0.3 is 25.2 Å². The molecule has 2 amide bonds. The van der Waals surface area contributed by atoms with Crippen LogP contribution in [0.3, 0.4) is 0 Å². The molecule has 3 N–H and O–H groups in total. The number of ether oxygens (including phenoxy) is 2. The number of amides is 2. The molecule has 0 bridgehead atoms. The lowest BCUT2D eigenvalue weighted by molar-refractivity contribution is -0.149. The van der Waals surface area contributed by atoms with Crippen molar-refractivity contribution in [3.63, 3.8) is 0 Å². The third-order valence-corrected chi connectivity index (χ3v) is 8.59. The van der Waals surface area contributed by atoms with Crippen LogP contribution in [-0.2, 0) is 25.6 Å². The van der Waals surface area contributed by atoms with Crippen molar-refractivity contribution in [2.24, 2.45) is 0 Å². The molecular formula is C33H35N3O6. The van der Waals surface area contributed by atoms with Crippen molar-refractivity contribution >= 4 is 18.0 Å². The summed E-state index contributed by atoms with van der Waals surface area (Å²) in [7, 11) is 0. The third kappa shape index (κ3) is 5.75. The number of likely N-dealkylation sites (tertiary alicyclic amines) is 1. The monoisotopic (exact) mass is 569 g/mol. The van der Waals surface area contributed by atoms with Gasteiger partial charge in [0.05, 0.1) is 6.10 Å². The molecule has 2 fully saturated rings. The first kappa shape index (κ1) is 27.9. The van der Waals surface area contributed by atoms with E-state index in [9.17, 15) is 19.5 Å². The first-order chi connectivity index (χ1) is 20.4. The number of carbonyl (C=O) groups excluding carboxylic acids is 2. The molecule has 42 heavy (non-hydrogen) atoms. The van der Waals surface area contributed by atoms with Crippen molar-refractivity contribution in [2.75, 3.05) is 26.2 Å². The Bertz CT molecular complexity index is 1420. The molecule has 2 aliphatic heterocycles. The second-order valence-electron chi connectivity index (χ2n) is 11.4. The van der Waals surface area contributed by atoms with E-state index in [2.05, 4.69) is 34.9 Å². The molecule has 2 heterocycles. The lowest BCUT2D eigenvalue weighted by Gasteiger charge is -2.27. The fourth-order valence-electron chi connectivity index (χ4n) is 6.41. The molecule has 3 unspecified atom stereocenters. The number of nitrogens with one attached hydrogen (secondary N) is 2. The molecule has 6 rings (SSSR count). The van der Waals surface area contributed by atoms with Crippen LogP contribution in [-0.4, -0.2) is 72.0 Å². The molecule has 218 valence electrons. The molecule has 0 spiro atoms. The van der Waals surface area contributed by atoms with E-state index in [4.69, 9.17) is 9.47 Å². The SMILES string of the molecule is O=C(NCC1CCC(C(=O)NC2(C(=O)O)CCN(Cc3ccccc3)C2)O1)OCC1c2ccccc2-c2ccccc21. The Morgan fingerprint density at radius 3 is 2.29 bits per heavy atom. The van der Waals surface area contributed by atoms with Gasteiger partial charge in [-0.25, -0.2) is 9.59 Å². The maximum Gasteiger partial charge on any atom is 0.407 e. The Labute approximate surface area is 244 Å². The molecule has 3 aromatic carbocycles. The van der Waals surface area contributed by atoms with E-state index in [0.29, 0.717) is 32.4 Å². The molecular weight excluding hydrogens is 534 g/mol. The van der Waals surface area contributed by atoms with Crippen molar-refractivity contribution < 1.29 is 29.0 Å². The average molecular weight is 570 g/mol. The Morgan fingerprint density at radius 1 is 0.929 bits per heavy atom. The lowest BCUT2D eigenvalue weighted by atomic mass is 9.98. The zero-order valence-corrected chi connectivity index (χ0v) is 23.3. The van der Waals surface area contributed by atoms with Crippen LogP contribution >= 0.6 is 0 Å². The largest absolute Gasteiger partial charge is 0.479 e. The van der Waals surface area contributed by atoms with Crippen LogP contribution < -0.4 is 10.6 Å². The zero-order valence-electron chi connectivity index (χ0n) is 23.3. The standard InChI is InChI=1S/C33H35N3O6/c37-30(35-33(31(38)39)16-17-36(21-33)19-22-8-2-1-3-9-22)29-15-14-23(42-29)18-34-32(40)41-20-28-26-12-6-4-10-24(26)25-11-5-7-13-27(25)28/h1-13,23,28-29H,14-21H2,(H,34,40)(H,35,37)(H,38,39). The molecule has 1 aliphatic carbocycles. The zero-order chi connectivity index (χ0) is 29.1. The molecule has 9 heteroatoms. The van der Waals surface area contributed by atoms with Crippen LogP contribution in [0.15, 0.2) is 78.9 Å². The minimum Gasteiger partial charge on any atom is -0.479 e. The van der Waals surface area contributed by atoms with Crippen molar-refractivity contribution in [2.45, 2.75) is 49.5 Å². The number of alkyl carbamates (subject to hydrolysis) is 1. The summed E-state index contributed by atoms with van der Waals surface area (Å²) in [5, 5.41) is 15.6. The highest BCUT2D eigenvalue weighted by molar-refractivity contribution is 5.90. The van der Waals surface area contributed by atoms with E-state index in [-0.39, 0.29) is 31.7 Å². The highest BCUT2D eigenvalue weighted by Crippen LogP contribution is 2.44. The number of hydrogen-bond acceptors (Lipinski definition) is 6. The van der Waals surface area contributed by atoms with Crippen molar-refractivity contribution in [3.05, 3.63) is 95.6 Å². The van der Waals surface area contributed by atoms with Crippen molar-refractivity contribution in [1.29, 1.82) is 0 Å². The molecule has 3 aromatic rings. The highest BCUT2D eigenvalue weighted by atomic mass is 16.5. The second kappa shape index (κ2) is 12.0. The van der Waals surface area contributed by atoms with Gasteiger partial charge in [0.25, 0.3) is 0 Å². The summed E-state index contributed by atoms with van der Waals surface area (Å²) in [5.74, 6) is -1.50. The number of nitrogens with zero attached hydrogens (tertiary/aromatic N) is 1. The fraction of sp³-hybridized carbons (Fsp3) is 0.364. The Hall–Kier alpha value is -4.21. The summed E-state index contributed by atoms with van der Waals surface area (Å²) in [5.41, 5.74) is 4.35. The normalized spacial score (nSPS) is 23.2. The number of hydrogen-bond donors (Lipinski definition) is 3.